The highest BCUT2D eigenvalue weighted by atomic mass is 32.2. The first-order chi connectivity index (χ1) is 12.7. The second kappa shape index (κ2) is 8.01. The molecule has 2 aliphatic heterocycles. The van der Waals surface area contributed by atoms with E-state index in [-0.39, 0.29) is 16.8 Å². The van der Waals surface area contributed by atoms with E-state index in [1.165, 1.54) is 0 Å². The fourth-order valence-electron chi connectivity index (χ4n) is 3.81. The summed E-state index contributed by atoms with van der Waals surface area (Å²) in [5, 5.41) is 10.8. The van der Waals surface area contributed by atoms with Gasteiger partial charge in [0, 0.05) is 12.3 Å². The smallest absolute Gasteiger partial charge is 0.178 e. The molecule has 0 amide bonds. The molecule has 2 heterocycles. The van der Waals surface area contributed by atoms with Crippen LogP contribution in [0.5, 0.6) is 0 Å². The van der Waals surface area contributed by atoms with Gasteiger partial charge in [-0.1, -0.05) is 24.3 Å². The van der Waals surface area contributed by atoms with Crippen molar-refractivity contribution in [2.45, 2.75) is 61.8 Å². The molecule has 2 saturated heterocycles. The number of rotatable bonds is 7. The van der Waals surface area contributed by atoms with E-state index in [1.54, 1.807) is 36.4 Å². The molecular formula is C20H28O6S. The third-order valence-corrected chi connectivity index (χ3v) is 6.94. The molecule has 0 aromatic heterocycles. The van der Waals surface area contributed by atoms with Crippen LogP contribution >= 0.6 is 0 Å². The zero-order chi connectivity index (χ0) is 19.7. The molecule has 2 aliphatic rings. The maximum Gasteiger partial charge on any atom is 0.178 e. The molecule has 0 saturated carbocycles. The molecule has 0 radical (unpaired) electrons. The van der Waals surface area contributed by atoms with Gasteiger partial charge in [0.25, 0.3) is 0 Å². The van der Waals surface area contributed by atoms with Crippen LogP contribution in [0.2, 0.25) is 0 Å². The summed E-state index contributed by atoms with van der Waals surface area (Å²) in [5.74, 6) is -1.33. The predicted octanol–water partition coefficient (Wildman–Crippen LogP) is 2.32. The normalized spacial score (nSPS) is 33.2. The lowest BCUT2D eigenvalue weighted by molar-refractivity contribution is -0.143. The summed E-state index contributed by atoms with van der Waals surface area (Å²) in [4.78, 5) is 0.257. The Morgan fingerprint density at radius 3 is 2.56 bits per heavy atom. The topological polar surface area (TPSA) is 82.1 Å². The van der Waals surface area contributed by atoms with Gasteiger partial charge in [0.1, 0.15) is 0 Å². The lowest BCUT2D eigenvalue weighted by Gasteiger charge is -2.21. The number of benzene rings is 1. The molecule has 1 N–H and O–H groups in total. The molecule has 1 aromatic rings. The molecule has 1 aromatic carbocycles. The Hall–Kier alpha value is -1.25. The monoisotopic (exact) mass is 396 g/mol. The van der Waals surface area contributed by atoms with Crippen LogP contribution in [-0.4, -0.2) is 56.1 Å². The van der Waals surface area contributed by atoms with Gasteiger partial charge in [-0.15, -0.1) is 6.58 Å². The molecular weight excluding hydrogens is 368 g/mol. The minimum absolute atomic E-state index is 0.166. The van der Waals surface area contributed by atoms with Crippen LogP contribution < -0.4 is 0 Å². The van der Waals surface area contributed by atoms with Gasteiger partial charge in [-0.2, -0.15) is 0 Å². The van der Waals surface area contributed by atoms with E-state index < -0.39 is 39.9 Å². The highest BCUT2D eigenvalue weighted by Crippen LogP contribution is 2.36. The summed E-state index contributed by atoms with van der Waals surface area (Å²) in [6.07, 6.45) is 0.676. The van der Waals surface area contributed by atoms with Gasteiger partial charge < -0.3 is 19.3 Å². The van der Waals surface area contributed by atoms with E-state index in [9.17, 15) is 13.5 Å². The van der Waals surface area contributed by atoms with Crippen LogP contribution in [0, 0.1) is 5.92 Å². The van der Waals surface area contributed by atoms with Gasteiger partial charge in [0.15, 0.2) is 15.6 Å². The van der Waals surface area contributed by atoms with Crippen molar-refractivity contribution < 1.29 is 27.7 Å². The van der Waals surface area contributed by atoms with Crippen molar-refractivity contribution in [3.8, 4) is 0 Å². The average molecular weight is 397 g/mol. The van der Waals surface area contributed by atoms with Crippen molar-refractivity contribution in [2.75, 3.05) is 12.4 Å². The van der Waals surface area contributed by atoms with E-state index in [4.69, 9.17) is 14.2 Å². The molecule has 5 atom stereocenters. The van der Waals surface area contributed by atoms with Gasteiger partial charge in [-0.05, 0) is 32.4 Å². The predicted molar refractivity (Wildman–Crippen MR) is 101 cm³/mol. The van der Waals surface area contributed by atoms with Gasteiger partial charge in [0.05, 0.1) is 41.7 Å². The van der Waals surface area contributed by atoms with Gasteiger partial charge in [-0.25, -0.2) is 8.42 Å². The van der Waals surface area contributed by atoms with E-state index >= 15 is 0 Å². The number of hydrogen-bond acceptors (Lipinski definition) is 6. The lowest BCUT2D eigenvalue weighted by Crippen LogP contribution is -2.35. The Labute approximate surface area is 161 Å². The summed E-state index contributed by atoms with van der Waals surface area (Å²) in [7, 11) is -3.53. The maximum atomic E-state index is 12.8. The highest BCUT2D eigenvalue weighted by Gasteiger charge is 2.47. The molecule has 3 rings (SSSR count). The first-order valence-electron chi connectivity index (χ1n) is 9.26. The summed E-state index contributed by atoms with van der Waals surface area (Å²) in [6.45, 7) is 7.84. The molecule has 2 fully saturated rings. The zero-order valence-corrected chi connectivity index (χ0v) is 16.6. The second-order valence-electron chi connectivity index (χ2n) is 7.67. The van der Waals surface area contributed by atoms with Crippen LogP contribution in [0.4, 0.5) is 0 Å². The van der Waals surface area contributed by atoms with Crippen LogP contribution in [0.3, 0.4) is 0 Å². The molecule has 0 bridgehead atoms. The second-order valence-corrected chi connectivity index (χ2v) is 9.71. The molecule has 3 unspecified atom stereocenters. The van der Waals surface area contributed by atoms with Crippen molar-refractivity contribution in [1.29, 1.82) is 0 Å². The van der Waals surface area contributed by atoms with Crippen molar-refractivity contribution in [3.63, 3.8) is 0 Å². The number of sulfone groups is 1. The van der Waals surface area contributed by atoms with Gasteiger partial charge in [0.2, 0.25) is 0 Å². The molecule has 0 aliphatic carbocycles. The lowest BCUT2D eigenvalue weighted by atomic mass is 9.94. The van der Waals surface area contributed by atoms with E-state index in [0.717, 1.165) is 0 Å². The molecule has 6 nitrogen and oxygen atoms in total. The summed E-state index contributed by atoms with van der Waals surface area (Å²) in [6, 6.07) is 8.30. The first kappa shape index (κ1) is 20.5. The third kappa shape index (κ3) is 4.78. The standard InChI is InChI=1S/C20H28O6S/c1-4-8-17-16(13-27(22,23)15-9-6-5-7-10-15)19(21)18(25-17)11-14-12-24-20(2,3)26-14/h4-7,9-10,14,16-19,21H,1,8,11-13H2,2-3H3/t14-,16?,17?,18?,19+/m0/s1. The average Bonchev–Trinajstić information content (AvgIpc) is 3.10. The van der Waals surface area contributed by atoms with Crippen molar-refractivity contribution in [1.82, 2.24) is 0 Å². The maximum absolute atomic E-state index is 12.8. The largest absolute Gasteiger partial charge is 0.390 e. The fourth-order valence-corrected chi connectivity index (χ4v) is 5.50. The van der Waals surface area contributed by atoms with Crippen molar-refractivity contribution >= 4 is 9.84 Å². The van der Waals surface area contributed by atoms with E-state index in [0.29, 0.717) is 19.4 Å². The molecule has 150 valence electrons. The number of ether oxygens (including phenoxy) is 3. The summed E-state index contributed by atoms with van der Waals surface area (Å²) in [5.41, 5.74) is 0. The van der Waals surface area contributed by atoms with Gasteiger partial charge in [-0.3, -0.25) is 0 Å². The van der Waals surface area contributed by atoms with E-state index in [1.807, 2.05) is 13.8 Å². The van der Waals surface area contributed by atoms with Crippen molar-refractivity contribution in [2.24, 2.45) is 5.92 Å². The number of aliphatic hydroxyl groups excluding tert-OH is 1. The summed E-state index contributed by atoms with van der Waals surface area (Å²) >= 11 is 0. The van der Waals surface area contributed by atoms with Crippen LogP contribution in [0.1, 0.15) is 26.7 Å². The van der Waals surface area contributed by atoms with Crippen LogP contribution in [0.25, 0.3) is 0 Å². The zero-order valence-electron chi connectivity index (χ0n) is 15.8. The van der Waals surface area contributed by atoms with Crippen LogP contribution in [0.15, 0.2) is 47.9 Å². The minimum atomic E-state index is -3.53. The Bertz CT molecular complexity index is 745. The SMILES string of the molecule is C=CCC1OC(C[C@H]2COC(C)(C)O2)[C@H](O)C1CS(=O)(=O)c1ccccc1. The number of hydrogen-bond donors (Lipinski definition) is 1. The third-order valence-electron chi connectivity index (χ3n) is 5.12. The Kier molecular flexibility index (Phi) is 6.08. The van der Waals surface area contributed by atoms with E-state index in [2.05, 4.69) is 6.58 Å². The Morgan fingerprint density at radius 2 is 1.96 bits per heavy atom. The highest BCUT2D eigenvalue weighted by molar-refractivity contribution is 7.91. The first-order valence-corrected chi connectivity index (χ1v) is 10.9. The van der Waals surface area contributed by atoms with Gasteiger partial charge >= 0.3 is 0 Å². The quantitative estimate of drug-likeness (QED) is 0.713. The molecule has 0 spiro atoms. The minimum Gasteiger partial charge on any atom is -0.390 e. The fraction of sp³-hybridized carbons (Fsp3) is 0.600. The Balaban J connectivity index is 1.72. The van der Waals surface area contributed by atoms with Crippen molar-refractivity contribution in [3.05, 3.63) is 43.0 Å². The molecule has 27 heavy (non-hydrogen) atoms. The van der Waals surface area contributed by atoms with Crippen LogP contribution in [-0.2, 0) is 24.0 Å². The number of aliphatic hydroxyl groups is 1. The Morgan fingerprint density at radius 1 is 1.26 bits per heavy atom. The molecule has 7 heteroatoms. The summed E-state index contributed by atoms with van der Waals surface area (Å²) < 4.78 is 43.0.